The molecule has 0 saturated carbocycles. The van der Waals surface area contributed by atoms with Crippen LogP contribution in [0.2, 0.25) is 0 Å². The van der Waals surface area contributed by atoms with Gasteiger partial charge in [-0.1, -0.05) is 36.5 Å². The molecule has 1 rings (SSSR count). The van der Waals surface area contributed by atoms with E-state index in [1.807, 2.05) is 6.92 Å². The summed E-state index contributed by atoms with van der Waals surface area (Å²) in [5.74, 6) is -0.114. The maximum absolute atomic E-state index is 12.9. The number of aryl methyl sites for hydroxylation is 1. The summed E-state index contributed by atoms with van der Waals surface area (Å²) in [6.07, 6.45) is 1.97. The smallest absolute Gasteiger partial charge is 0.494 e. The Hall–Kier alpha value is 0.471. The molecule has 0 unspecified atom stereocenters. The van der Waals surface area contributed by atoms with E-state index in [4.69, 9.17) is 9.47 Å². The number of benzene rings is 1. The molecule has 7 heteroatoms. The molecule has 0 atom stereocenters. The van der Waals surface area contributed by atoms with Crippen molar-refractivity contribution < 1.29 is 73.8 Å². The first-order valence-electron chi connectivity index (χ1n) is 6.46. The van der Waals surface area contributed by atoms with E-state index in [0.29, 0.717) is 18.8 Å². The molecule has 0 N–H and O–H groups in total. The third-order valence-electron chi connectivity index (χ3n) is 2.65. The van der Waals surface area contributed by atoms with E-state index < -0.39 is 12.4 Å². The first-order chi connectivity index (χ1) is 8.95. The summed E-state index contributed by atoms with van der Waals surface area (Å²) in [7, 11) is 0. The molecule has 20 heavy (non-hydrogen) atoms. The van der Waals surface area contributed by atoms with E-state index in [-0.39, 0.29) is 63.7 Å². The van der Waals surface area contributed by atoms with Crippen LogP contribution in [-0.2, 0) is 4.74 Å². The summed E-state index contributed by atoms with van der Waals surface area (Å²) in [6.45, 7) is -0.331. The van der Waals surface area contributed by atoms with Gasteiger partial charge in [-0.05, 0) is 19.4 Å². The van der Waals surface area contributed by atoms with Gasteiger partial charge in [-0.25, -0.2) is 0 Å². The Bertz CT molecular complexity index is 400. The van der Waals surface area contributed by atoms with E-state index >= 15 is 0 Å². The molecule has 0 bridgehead atoms. The topological polar surface area (TPSA) is 18.5 Å². The molecule has 0 aromatic heterocycles. The second-order valence-corrected chi connectivity index (χ2v) is 4.43. The molecular formula is C13H19BF3KO2. The molecular weight excluding hydrogens is 295 g/mol. The Kier molecular flexibility index (Phi) is 10.5. The Morgan fingerprint density at radius 1 is 1.10 bits per heavy atom. The maximum Gasteiger partial charge on any atom is 1.00 e. The summed E-state index contributed by atoms with van der Waals surface area (Å²) in [6, 6.07) is 4.10. The molecule has 1 aromatic rings. The quantitative estimate of drug-likeness (QED) is 0.506. The molecule has 0 saturated heterocycles. The number of rotatable bonds is 8. The molecule has 1 aromatic carbocycles. The second kappa shape index (κ2) is 10.2. The van der Waals surface area contributed by atoms with Crippen molar-refractivity contribution in [1.82, 2.24) is 0 Å². The summed E-state index contributed by atoms with van der Waals surface area (Å²) < 4.78 is 49.0. The van der Waals surface area contributed by atoms with E-state index in [1.165, 1.54) is 6.07 Å². The van der Waals surface area contributed by atoms with Gasteiger partial charge in [0.1, 0.15) is 6.61 Å². The van der Waals surface area contributed by atoms with E-state index in [1.54, 1.807) is 13.0 Å². The summed E-state index contributed by atoms with van der Waals surface area (Å²) >= 11 is 0. The average molecular weight is 314 g/mol. The minimum Gasteiger partial charge on any atom is -0.494 e. The van der Waals surface area contributed by atoms with Gasteiger partial charge in [-0.2, -0.15) is 0 Å². The zero-order chi connectivity index (χ0) is 14.3. The molecule has 0 heterocycles. The first kappa shape index (κ1) is 20.5. The van der Waals surface area contributed by atoms with Crippen LogP contribution >= 0.6 is 0 Å². The predicted molar refractivity (Wildman–Crippen MR) is 71.1 cm³/mol. The van der Waals surface area contributed by atoms with Crippen molar-refractivity contribution in [3.63, 3.8) is 0 Å². The van der Waals surface area contributed by atoms with Crippen LogP contribution in [-0.4, -0.2) is 26.8 Å². The van der Waals surface area contributed by atoms with E-state index in [9.17, 15) is 12.9 Å². The Morgan fingerprint density at radius 3 is 2.40 bits per heavy atom. The molecule has 0 fully saturated rings. The zero-order valence-electron chi connectivity index (χ0n) is 12.3. The molecule has 2 nitrogen and oxygen atoms in total. The van der Waals surface area contributed by atoms with Gasteiger partial charge in [0.05, 0.1) is 12.4 Å². The number of unbranched alkanes of at least 4 members (excludes halogenated alkanes) is 1. The van der Waals surface area contributed by atoms with Crippen molar-refractivity contribution in [3.8, 4) is 5.75 Å². The van der Waals surface area contributed by atoms with Crippen molar-refractivity contribution in [2.24, 2.45) is 0 Å². The molecule has 0 aliphatic carbocycles. The molecule has 108 valence electrons. The molecule has 0 aliphatic heterocycles. The SMILES string of the molecule is CCCCOCCOc1ccc(C)cc1[B-](F)(F)F.[K+]. The minimum atomic E-state index is -5.05. The summed E-state index contributed by atoms with van der Waals surface area (Å²) in [4.78, 5) is 0. The van der Waals surface area contributed by atoms with Crippen LogP contribution < -0.4 is 61.6 Å². The Balaban J connectivity index is 0.00000361. The third kappa shape index (κ3) is 7.47. The van der Waals surface area contributed by atoms with E-state index in [0.717, 1.165) is 18.9 Å². The molecule has 0 amide bonds. The fourth-order valence-electron chi connectivity index (χ4n) is 1.61. The number of hydrogen-bond donors (Lipinski definition) is 0. The van der Waals surface area contributed by atoms with Crippen LogP contribution in [0.15, 0.2) is 18.2 Å². The predicted octanol–water partition coefficient (Wildman–Crippen LogP) is 0.249. The van der Waals surface area contributed by atoms with Crippen LogP contribution in [0.5, 0.6) is 5.75 Å². The number of hydrogen-bond acceptors (Lipinski definition) is 2. The van der Waals surface area contributed by atoms with Crippen LogP contribution in [0.25, 0.3) is 0 Å². The summed E-state index contributed by atoms with van der Waals surface area (Å²) in [5.41, 5.74) is -0.102. The summed E-state index contributed by atoms with van der Waals surface area (Å²) in [5, 5.41) is 0. The monoisotopic (exact) mass is 314 g/mol. The molecule has 0 radical (unpaired) electrons. The Morgan fingerprint density at radius 2 is 1.80 bits per heavy atom. The van der Waals surface area contributed by atoms with Crippen molar-refractivity contribution in [1.29, 1.82) is 0 Å². The molecule has 0 aliphatic rings. The normalized spacial score (nSPS) is 11.1. The van der Waals surface area contributed by atoms with Crippen LogP contribution in [0.3, 0.4) is 0 Å². The minimum absolute atomic E-state index is 0. The van der Waals surface area contributed by atoms with Gasteiger partial charge < -0.3 is 22.4 Å². The van der Waals surface area contributed by atoms with Gasteiger partial charge in [-0.15, -0.1) is 0 Å². The Labute approximate surface area is 160 Å². The van der Waals surface area contributed by atoms with Gasteiger partial charge in [0.25, 0.3) is 0 Å². The van der Waals surface area contributed by atoms with Gasteiger partial charge in [0.15, 0.2) is 0 Å². The standard InChI is InChI=1S/C13H19BF3O2.K/c1-3-4-7-18-8-9-19-13-6-5-11(2)10-12(13)14(15,16)17;/h5-6,10H,3-4,7-9H2,1-2H3;/q-1;+1. The third-order valence-corrected chi connectivity index (χ3v) is 2.65. The number of ether oxygens (including phenoxy) is 2. The largest absolute Gasteiger partial charge is 1.00 e. The van der Waals surface area contributed by atoms with Crippen LogP contribution in [0.1, 0.15) is 25.3 Å². The first-order valence-corrected chi connectivity index (χ1v) is 6.46. The van der Waals surface area contributed by atoms with Crippen LogP contribution in [0.4, 0.5) is 12.9 Å². The van der Waals surface area contributed by atoms with Gasteiger partial charge in [0.2, 0.25) is 0 Å². The fraction of sp³-hybridized carbons (Fsp3) is 0.538. The van der Waals surface area contributed by atoms with Crippen molar-refractivity contribution in [2.45, 2.75) is 26.7 Å². The average Bonchev–Trinajstić information content (AvgIpc) is 2.34. The zero-order valence-corrected chi connectivity index (χ0v) is 15.4. The maximum atomic E-state index is 12.9. The van der Waals surface area contributed by atoms with Crippen molar-refractivity contribution in [3.05, 3.63) is 23.8 Å². The van der Waals surface area contributed by atoms with Gasteiger partial charge in [-0.3, -0.25) is 0 Å². The number of halogens is 3. The van der Waals surface area contributed by atoms with Crippen LogP contribution in [0, 0.1) is 6.92 Å². The van der Waals surface area contributed by atoms with Crippen molar-refractivity contribution in [2.75, 3.05) is 19.8 Å². The van der Waals surface area contributed by atoms with Gasteiger partial charge in [0, 0.05) is 6.61 Å². The van der Waals surface area contributed by atoms with E-state index in [2.05, 4.69) is 0 Å². The molecule has 0 spiro atoms. The fourth-order valence-corrected chi connectivity index (χ4v) is 1.61. The van der Waals surface area contributed by atoms with Crippen molar-refractivity contribution >= 4 is 12.4 Å². The van der Waals surface area contributed by atoms with Gasteiger partial charge >= 0.3 is 58.4 Å². The second-order valence-electron chi connectivity index (χ2n) is 4.43.